The van der Waals surface area contributed by atoms with Gasteiger partial charge in [0.25, 0.3) is 0 Å². The van der Waals surface area contributed by atoms with Gasteiger partial charge >= 0.3 is 0 Å². The summed E-state index contributed by atoms with van der Waals surface area (Å²) in [6, 6.07) is 8.97. The fourth-order valence-electron chi connectivity index (χ4n) is 3.04. The van der Waals surface area contributed by atoms with Crippen LogP contribution in [0.1, 0.15) is 46.4 Å². The summed E-state index contributed by atoms with van der Waals surface area (Å²) in [5, 5.41) is 3.59. The lowest BCUT2D eigenvalue weighted by Gasteiger charge is -2.33. The van der Waals surface area contributed by atoms with Crippen LogP contribution >= 0.6 is 27.3 Å². The summed E-state index contributed by atoms with van der Waals surface area (Å²) in [6.45, 7) is 7.48. The second kappa shape index (κ2) is 6.11. The molecule has 1 N–H and O–H groups in total. The largest absolute Gasteiger partial charge is 0.485 e. The molecule has 21 heavy (non-hydrogen) atoms. The van der Waals surface area contributed by atoms with Crippen LogP contribution in [0.5, 0.6) is 5.75 Å². The quantitative estimate of drug-likeness (QED) is 0.796. The van der Waals surface area contributed by atoms with Gasteiger partial charge in [0.1, 0.15) is 11.9 Å². The zero-order valence-electron chi connectivity index (χ0n) is 12.6. The maximum absolute atomic E-state index is 6.31. The zero-order chi connectivity index (χ0) is 15.0. The van der Waals surface area contributed by atoms with Crippen molar-refractivity contribution in [3.8, 4) is 5.75 Å². The number of halogens is 1. The summed E-state index contributed by atoms with van der Waals surface area (Å²) in [4.78, 5) is 2.72. The Labute approximate surface area is 138 Å². The molecule has 0 saturated heterocycles. The van der Waals surface area contributed by atoms with E-state index in [0.717, 1.165) is 23.2 Å². The van der Waals surface area contributed by atoms with E-state index in [4.69, 9.17) is 4.74 Å². The van der Waals surface area contributed by atoms with E-state index in [1.807, 2.05) is 11.3 Å². The van der Waals surface area contributed by atoms with E-state index in [2.05, 4.69) is 66.3 Å². The molecule has 0 bridgehead atoms. The molecule has 0 amide bonds. The summed E-state index contributed by atoms with van der Waals surface area (Å²) in [7, 11) is 0. The van der Waals surface area contributed by atoms with E-state index >= 15 is 0 Å². The van der Waals surface area contributed by atoms with Crippen molar-refractivity contribution in [2.75, 3.05) is 6.54 Å². The van der Waals surface area contributed by atoms with Crippen molar-refractivity contribution in [1.29, 1.82) is 0 Å². The van der Waals surface area contributed by atoms with Gasteiger partial charge in [-0.25, -0.2) is 0 Å². The SMILES string of the molecule is CCNC1CC(c2cc(C)sc2C)Oc2cc(Br)ccc21. The van der Waals surface area contributed by atoms with Gasteiger partial charge in [0.2, 0.25) is 0 Å². The summed E-state index contributed by atoms with van der Waals surface area (Å²) in [5.74, 6) is 0.995. The van der Waals surface area contributed by atoms with Crippen LogP contribution < -0.4 is 10.1 Å². The minimum atomic E-state index is 0.140. The number of hydrogen-bond donors (Lipinski definition) is 1. The smallest absolute Gasteiger partial charge is 0.127 e. The van der Waals surface area contributed by atoms with Gasteiger partial charge in [0.15, 0.2) is 0 Å². The van der Waals surface area contributed by atoms with Crippen LogP contribution in [-0.2, 0) is 0 Å². The van der Waals surface area contributed by atoms with Gasteiger partial charge in [-0.3, -0.25) is 0 Å². The average molecular weight is 366 g/mol. The first-order valence-corrected chi connectivity index (χ1v) is 8.96. The molecule has 2 aromatic rings. The van der Waals surface area contributed by atoms with E-state index < -0.39 is 0 Å². The molecule has 2 nitrogen and oxygen atoms in total. The van der Waals surface area contributed by atoms with Crippen LogP contribution in [0.2, 0.25) is 0 Å². The Kier molecular flexibility index (Phi) is 4.38. The third-order valence-corrected chi connectivity index (χ3v) is 5.42. The van der Waals surface area contributed by atoms with Crippen molar-refractivity contribution in [3.63, 3.8) is 0 Å². The molecular formula is C17H20BrNOS. The monoisotopic (exact) mass is 365 g/mol. The topological polar surface area (TPSA) is 21.3 Å². The predicted molar refractivity (Wildman–Crippen MR) is 92.3 cm³/mol. The van der Waals surface area contributed by atoms with Gasteiger partial charge in [0, 0.05) is 37.8 Å². The van der Waals surface area contributed by atoms with Gasteiger partial charge in [0.05, 0.1) is 0 Å². The second-order valence-electron chi connectivity index (χ2n) is 5.50. The minimum absolute atomic E-state index is 0.140. The molecule has 1 aromatic heterocycles. The van der Waals surface area contributed by atoms with Crippen molar-refractivity contribution in [2.24, 2.45) is 0 Å². The number of benzene rings is 1. The molecule has 4 heteroatoms. The first-order valence-electron chi connectivity index (χ1n) is 7.35. The molecule has 1 aliphatic rings. The van der Waals surface area contributed by atoms with Gasteiger partial charge < -0.3 is 10.1 Å². The fraction of sp³-hybridized carbons (Fsp3) is 0.412. The molecule has 2 heterocycles. The van der Waals surface area contributed by atoms with E-state index in [1.165, 1.54) is 20.9 Å². The van der Waals surface area contributed by atoms with Crippen molar-refractivity contribution in [1.82, 2.24) is 5.32 Å². The maximum Gasteiger partial charge on any atom is 0.127 e. The molecule has 0 fully saturated rings. The molecule has 2 unspecified atom stereocenters. The summed E-state index contributed by atoms with van der Waals surface area (Å²) < 4.78 is 7.37. The molecular weight excluding hydrogens is 346 g/mol. The molecule has 1 aromatic carbocycles. The zero-order valence-corrected chi connectivity index (χ0v) is 15.0. The van der Waals surface area contributed by atoms with Crippen LogP contribution in [0, 0.1) is 13.8 Å². The predicted octanol–water partition coefficient (Wildman–Crippen LogP) is 5.30. The van der Waals surface area contributed by atoms with Crippen molar-refractivity contribution < 1.29 is 4.74 Å². The van der Waals surface area contributed by atoms with Crippen molar-refractivity contribution in [3.05, 3.63) is 49.6 Å². The highest BCUT2D eigenvalue weighted by Crippen LogP contribution is 2.43. The number of fused-ring (bicyclic) bond motifs is 1. The van der Waals surface area contributed by atoms with Gasteiger partial charge in [-0.15, -0.1) is 11.3 Å². The lowest BCUT2D eigenvalue weighted by Crippen LogP contribution is -2.29. The summed E-state index contributed by atoms with van der Waals surface area (Å²) in [5.41, 5.74) is 2.60. The number of nitrogens with one attached hydrogen (secondary N) is 1. The van der Waals surface area contributed by atoms with Crippen molar-refractivity contribution in [2.45, 2.75) is 39.3 Å². The van der Waals surface area contributed by atoms with Gasteiger partial charge in [-0.05, 0) is 38.6 Å². The molecule has 0 saturated carbocycles. The minimum Gasteiger partial charge on any atom is -0.485 e. The second-order valence-corrected chi connectivity index (χ2v) is 7.88. The molecule has 1 aliphatic heterocycles. The van der Waals surface area contributed by atoms with E-state index in [1.54, 1.807) is 0 Å². The number of thiophene rings is 1. The fourth-order valence-corrected chi connectivity index (χ4v) is 4.36. The van der Waals surface area contributed by atoms with Crippen LogP contribution in [0.15, 0.2) is 28.7 Å². The normalized spacial score (nSPS) is 21.0. The molecule has 0 aliphatic carbocycles. The molecule has 112 valence electrons. The van der Waals surface area contributed by atoms with Crippen LogP contribution in [0.25, 0.3) is 0 Å². The standard InChI is InChI=1S/C17H20BrNOS/c1-4-19-15-9-17(14-7-10(2)21-11(14)3)20-16-8-12(18)5-6-13(15)16/h5-8,15,17,19H,4,9H2,1-3H3. The van der Waals surface area contributed by atoms with Gasteiger partial charge in [-0.1, -0.05) is 28.9 Å². The van der Waals surface area contributed by atoms with Crippen molar-refractivity contribution >= 4 is 27.3 Å². The van der Waals surface area contributed by atoms with Crippen LogP contribution in [-0.4, -0.2) is 6.54 Å². The Bertz CT molecular complexity index is 652. The molecule has 2 atom stereocenters. The number of ether oxygens (including phenoxy) is 1. The van der Waals surface area contributed by atoms with E-state index in [9.17, 15) is 0 Å². The number of rotatable bonds is 3. The van der Waals surface area contributed by atoms with Gasteiger partial charge in [-0.2, -0.15) is 0 Å². The average Bonchev–Trinajstić information content (AvgIpc) is 2.77. The van der Waals surface area contributed by atoms with Crippen LogP contribution in [0.4, 0.5) is 0 Å². The Hall–Kier alpha value is -0.840. The molecule has 3 rings (SSSR count). The lowest BCUT2D eigenvalue weighted by atomic mass is 9.93. The Morgan fingerprint density at radius 2 is 2.10 bits per heavy atom. The first kappa shape index (κ1) is 15.1. The maximum atomic E-state index is 6.31. The highest BCUT2D eigenvalue weighted by atomic mass is 79.9. The van der Waals surface area contributed by atoms with E-state index in [-0.39, 0.29) is 6.10 Å². The highest BCUT2D eigenvalue weighted by molar-refractivity contribution is 9.10. The van der Waals surface area contributed by atoms with E-state index in [0.29, 0.717) is 6.04 Å². The number of aryl methyl sites for hydroxylation is 2. The van der Waals surface area contributed by atoms with Crippen LogP contribution in [0.3, 0.4) is 0 Å². The Balaban J connectivity index is 1.98. The third kappa shape index (κ3) is 3.03. The highest BCUT2D eigenvalue weighted by Gasteiger charge is 2.30. The Morgan fingerprint density at radius 3 is 2.76 bits per heavy atom. The summed E-state index contributed by atoms with van der Waals surface area (Å²) >= 11 is 5.40. The summed E-state index contributed by atoms with van der Waals surface area (Å²) in [6.07, 6.45) is 1.13. The molecule has 0 spiro atoms. The Morgan fingerprint density at radius 1 is 1.29 bits per heavy atom. The molecule has 0 radical (unpaired) electrons. The third-order valence-electron chi connectivity index (χ3n) is 3.95. The lowest BCUT2D eigenvalue weighted by molar-refractivity contribution is 0.152. The number of hydrogen-bond acceptors (Lipinski definition) is 3. The first-order chi connectivity index (χ1) is 10.1.